The van der Waals surface area contributed by atoms with Crippen molar-refractivity contribution in [3.8, 4) is 0 Å². The summed E-state index contributed by atoms with van der Waals surface area (Å²) in [5, 5.41) is 3.57. The molecule has 0 aliphatic carbocycles. The van der Waals surface area contributed by atoms with Gasteiger partial charge in [0.05, 0.1) is 0 Å². The van der Waals surface area contributed by atoms with Crippen molar-refractivity contribution in [2.24, 2.45) is 5.73 Å². The fraction of sp³-hybridized carbons (Fsp3) is 0.500. The monoisotopic (exact) mass is 246 g/mol. The van der Waals surface area contributed by atoms with E-state index in [0.29, 0.717) is 6.54 Å². The fourth-order valence-corrected chi connectivity index (χ4v) is 1.95. The lowest BCUT2D eigenvalue weighted by molar-refractivity contribution is 0.343. The van der Waals surface area contributed by atoms with Gasteiger partial charge in [-0.05, 0) is 45.2 Å². The second kappa shape index (κ2) is 8.06. The maximum Gasteiger partial charge on any atom is 0.0278 e. The topological polar surface area (TPSA) is 38.0 Å². The van der Waals surface area contributed by atoms with Crippen molar-refractivity contribution in [1.29, 1.82) is 0 Å². The molecule has 1 aromatic rings. The van der Waals surface area contributed by atoms with Crippen molar-refractivity contribution < 1.29 is 0 Å². The number of rotatable bonds is 8. The molecular formula is C16H26N2. The van der Waals surface area contributed by atoms with Gasteiger partial charge in [-0.25, -0.2) is 0 Å². The van der Waals surface area contributed by atoms with Crippen molar-refractivity contribution in [3.05, 3.63) is 48.0 Å². The zero-order chi connectivity index (χ0) is 13.3. The molecule has 0 saturated carbocycles. The average molecular weight is 246 g/mol. The molecule has 1 rings (SSSR count). The minimum atomic E-state index is 0.0391. The van der Waals surface area contributed by atoms with Gasteiger partial charge in [-0.15, -0.1) is 0 Å². The van der Waals surface area contributed by atoms with Crippen LogP contribution in [0.2, 0.25) is 0 Å². The fourth-order valence-electron chi connectivity index (χ4n) is 1.95. The highest BCUT2D eigenvalue weighted by molar-refractivity contribution is 5.15. The highest BCUT2D eigenvalue weighted by Crippen LogP contribution is 2.13. The van der Waals surface area contributed by atoms with Crippen LogP contribution in [0.5, 0.6) is 0 Å². The van der Waals surface area contributed by atoms with Crippen molar-refractivity contribution >= 4 is 0 Å². The zero-order valence-corrected chi connectivity index (χ0v) is 11.7. The van der Waals surface area contributed by atoms with Gasteiger partial charge in [-0.2, -0.15) is 0 Å². The summed E-state index contributed by atoms with van der Waals surface area (Å²) in [5.41, 5.74) is 7.33. The molecule has 0 aliphatic rings. The second-order valence-electron chi connectivity index (χ2n) is 5.03. The van der Waals surface area contributed by atoms with E-state index in [-0.39, 0.29) is 5.54 Å². The number of benzene rings is 1. The molecular weight excluding hydrogens is 220 g/mol. The number of allylic oxidation sites excluding steroid dienone is 1. The smallest absolute Gasteiger partial charge is 0.0278 e. The van der Waals surface area contributed by atoms with E-state index in [1.54, 1.807) is 0 Å². The van der Waals surface area contributed by atoms with Gasteiger partial charge in [0, 0.05) is 12.1 Å². The molecule has 0 radical (unpaired) electrons. The number of nitrogens with two attached hydrogens (primary N) is 1. The molecule has 0 amide bonds. The van der Waals surface area contributed by atoms with Crippen LogP contribution < -0.4 is 11.1 Å². The first-order valence-electron chi connectivity index (χ1n) is 6.80. The molecule has 1 unspecified atom stereocenters. The zero-order valence-electron chi connectivity index (χ0n) is 11.7. The third kappa shape index (κ3) is 5.48. The van der Waals surface area contributed by atoms with Crippen molar-refractivity contribution in [1.82, 2.24) is 5.32 Å². The first kappa shape index (κ1) is 14.9. The van der Waals surface area contributed by atoms with E-state index in [1.165, 1.54) is 5.56 Å². The van der Waals surface area contributed by atoms with Gasteiger partial charge in [-0.1, -0.05) is 42.5 Å². The quantitative estimate of drug-likeness (QED) is 0.547. The maximum atomic E-state index is 5.91. The lowest BCUT2D eigenvalue weighted by Gasteiger charge is -2.29. The Balaban J connectivity index is 2.39. The van der Waals surface area contributed by atoms with E-state index in [2.05, 4.69) is 61.6 Å². The van der Waals surface area contributed by atoms with Crippen LogP contribution >= 0.6 is 0 Å². The molecule has 3 N–H and O–H groups in total. The van der Waals surface area contributed by atoms with Gasteiger partial charge in [0.15, 0.2) is 0 Å². The molecule has 2 heteroatoms. The number of nitrogens with one attached hydrogen (secondary N) is 1. The summed E-state index contributed by atoms with van der Waals surface area (Å²) in [7, 11) is 0. The normalized spacial score (nSPS) is 14.8. The summed E-state index contributed by atoms with van der Waals surface area (Å²) in [6.45, 7) is 5.94. The van der Waals surface area contributed by atoms with Gasteiger partial charge in [0.2, 0.25) is 0 Å². The molecule has 18 heavy (non-hydrogen) atoms. The third-order valence-electron chi connectivity index (χ3n) is 3.36. The Morgan fingerprint density at radius 1 is 1.28 bits per heavy atom. The number of aryl methyl sites for hydroxylation is 1. The van der Waals surface area contributed by atoms with Crippen molar-refractivity contribution in [2.75, 3.05) is 13.1 Å². The molecule has 0 aromatic heterocycles. The second-order valence-corrected chi connectivity index (χ2v) is 5.03. The van der Waals surface area contributed by atoms with Gasteiger partial charge < -0.3 is 11.1 Å². The van der Waals surface area contributed by atoms with Crippen LogP contribution in [0.25, 0.3) is 0 Å². The van der Waals surface area contributed by atoms with Crippen molar-refractivity contribution in [3.63, 3.8) is 0 Å². The maximum absolute atomic E-state index is 5.91. The predicted octanol–water partition coefficient (Wildman–Crippen LogP) is 2.89. The molecule has 1 aromatic carbocycles. The highest BCUT2D eigenvalue weighted by atomic mass is 15.0. The SMILES string of the molecule is C/C=C/CCNC(C)(CN)CCc1ccccc1. The Bertz CT molecular complexity index is 345. The summed E-state index contributed by atoms with van der Waals surface area (Å²) in [6, 6.07) is 10.6. The molecule has 0 bridgehead atoms. The average Bonchev–Trinajstić information content (AvgIpc) is 2.43. The summed E-state index contributed by atoms with van der Waals surface area (Å²) in [4.78, 5) is 0. The Morgan fingerprint density at radius 3 is 2.61 bits per heavy atom. The first-order valence-corrected chi connectivity index (χ1v) is 6.80. The summed E-state index contributed by atoms with van der Waals surface area (Å²) >= 11 is 0. The Hall–Kier alpha value is -1.12. The first-order chi connectivity index (χ1) is 8.70. The van der Waals surface area contributed by atoms with E-state index >= 15 is 0 Å². The standard InChI is InChI=1S/C16H26N2/c1-3-4-8-13-18-16(2,14-17)12-11-15-9-6-5-7-10-15/h3-7,9-10,18H,8,11-14,17H2,1-2H3/b4-3+. The van der Waals surface area contributed by atoms with Gasteiger partial charge in [0.25, 0.3) is 0 Å². The third-order valence-corrected chi connectivity index (χ3v) is 3.36. The Morgan fingerprint density at radius 2 is 2.00 bits per heavy atom. The van der Waals surface area contributed by atoms with E-state index in [1.807, 2.05) is 0 Å². The van der Waals surface area contributed by atoms with Crippen LogP contribution in [0.3, 0.4) is 0 Å². The Labute approximate surface area is 111 Å². The molecule has 0 aliphatic heterocycles. The van der Waals surface area contributed by atoms with Crippen molar-refractivity contribution in [2.45, 2.75) is 38.6 Å². The molecule has 0 heterocycles. The summed E-state index contributed by atoms with van der Waals surface area (Å²) in [6.07, 6.45) is 7.48. The predicted molar refractivity (Wildman–Crippen MR) is 79.7 cm³/mol. The number of hydrogen-bond acceptors (Lipinski definition) is 2. The van der Waals surface area contributed by atoms with Crippen LogP contribution in [-0.2, 0) is 6.42 Å². The minimum absolute atomic E-state index is 0.0391. The summed E-state index contributed by atoms with van der Waals surface area (Å²) < 4.78 is 0. The van der Waals surface area contributed by atoms with E-state index in [4.69, 9.17) is 5.73 Å². The van der Waals surface area contributed by atoms with Gasteiger partial charge >= 0.3 is 0 Å². The van der Waals surface area contributed by atoms with Crippen LogP contribution in [-0.4, -0.2) is 18.6 Å². The van der Waals surface area contributed by atoms with Crippen LogP contribution in [0, 0.1) is 0 Å². The molecule has 1 atom stereocenters. The van der Waals surface area contributed by atoms with Crippen LogP contribution in [0.1, 0.15) is 32.3 Å². The number of hydrogen-bond donors (Lipinski definition) is 2. The van der Waals surface area contributed by atoms with E-state index < -0.39 is 0 Å². The molecule has 0 fully saturated rings. The van der Waals surface area contributed by atoms with Gasteiger partial charge in [0.1, 0.15) is 0 Å². The largest absolute Gasteiger partial charge is 0.329 e. The van der Waals surface area contributed by atoms with Crippen LogP contribution in [0.15, 0.2) is 42.5 Å². The van der Waals surface area contributed by atoms with E-state index in [0.717, 1.165) is 25.8 Å². The molecule has 0 spiro atoms. The molecule has 0 saturated heterocycles. The van der Waals surface area contributed by atoms with Gasteiger partial charge in [-0.3, -0.25) is 0 Å². The van der Waals surface area contributed by atoms with Crippen LogP contribution in [0.4, 0.5) is 0 Å². The summed E-state index contributed by atoms with van der Waals surface area (Å²) in [5.74, 6) is 0. The lowest BCUT2D eigenvalue weighted by Crippen LogP contribution is -2.49. The highest BCUT2D eigenvalue weighted by Gasteiger charge is 2.20. The van der Waals surface area contributed by atoms with E-state index in [9.17, 15) is 0 Å². The molecule has 2 nitrogen and oxygen atoms in total. The minimum Gasteiger partial charge on any atom is -0.329 e. The lowest BCUT2D eigenvalue weighted by atomic mass is 9.93. The molecule has 100 valence electrons. The Kier molecular flexibility index (Phi) is 6.69.